The van der Waals surface area contributed by atoms with Gasteiger partial charge in [0.1, 0.15) is 0 Å². The molecule has 2 rings (SSSR count). The maximum Gasteiger partial charge on any atom is 0.234 e. The molecule has 2 aliphatic rings. The molecule has 0 radical (unpaired) electrons. The molecule has 2 atom stereocenters. The second-order valence-corrected chi connectivity index (χ2v) is 6.65. The van der Waals surface area contributed by atoms with E-state index >= 15 is 0 Å². The van der Waals surface area contributed by atoms with Crippen LogP contribution in [0, 0.1) is 11.8 Å². The van der Waals surface area contributed by atoms with Crippen LogP contribution in [-0.4, -0.2) is 25.0 Å². The van der Waals surface area contributed by atoms with Gasteiger partial charge in [0.05, 0.1) is 6.54 Å². The minimum atomic E-state index is 0.184. The molecule has 0 aromatic carbocycles. The van der Waals surface area contributed by atoms with Crippen molar-refractivity contribution in [2.24, 2.45) is 11.8 Å². The average Bonchev–Trinajstić information content (AvgIpc) is 2.87. The first-order chi connectivity index (χ1) is 9.24. The van der Waals surface area contributed by atoms with E-state index in [1.165, 1.54) is 57.8 Å². The highest BCUT2D eigenvalue weighted by Crippen LogP contribution is 2.30. The second kappa shape index (κ2) is 7.88. The van der Waals surface area contributed by atoms with Gasteiger partial charge in [0.25, 0.3) is 0 Å². The van der Waals surface area contributed by atoms with E-state index in [4.69, 9.17) is 0 Å². The molecule has 0 bridgehead atoms. The highest BCUT2D eigenvalue weighted by molar-refractivity contribution is 5.78. The predicted molar refractivity (Wildman–Crippen MR) is 79.0 cm³/mol. The summed E-state index contributed by atoms with van der Waals surface area (Å²) in [4.78, 5) is 11.7. The van der Waals surface area contributed by atoms with Crippen molar-refractivity contribution < 1.29 is 4.79 Å². The third-order valence-corrected chi connectivity index (χ3v) is 4.78. The Bertz CT molecular complexity index is 274. The number of nitrogens with one attached hydrogen (secondary N) is 2. The fourth-order valence-corrected chi connectivity index (χ4v) is 3.68. The van der Waals surface area contributed by atoms with Gasteiger partial charge in [0.15, 0.2) is 0 Å². The van der Waals surface area contributed by atoms with Crippen molar-refractivity contribution in [3.63, 3.8) is 0 Å². The van der Waals surface area contributed by atoms with E-state index in [-0.39, 0.29) is 5.91 Å². The molecule has 0 spiro atoms. The van der Waals surface area contributed by atoms with Crippen molar-refractivity contribution in [2.75, 3.05) is 13.1 Å². The van der Waals surface area contributed by atoms with Crippen LogP contribution in [0.1, 0.15) is 64.7 Å². The minimum absolute atomic E-state index is 0.184. The Morgan fingerprint density at radius 1 is 1.11 bits per heavy atom. The number of hydrogen-bond acceptors (Lipinski definition) is 2. The topological polar surface area (TPSA) is 41.1 Å². The summed E-state index contributed by atoms with van der Waals surface area (Å²) in [5.74, 6) is 1.97. The predicted octanol–water partition coefficient (Wildman–Crippen LogP) is 2.85. The Morgan fingerprint density at radius 3 is 2.63 bits per heavy atom. The Kier molecular flexibility index (Phi) is 6.15. The van der Waals surface area contributed by atoms with Gasteiger partial charge in [0.2, 0.25) is 5.91 Å². The van der Waals surface area contributed by atoms with Crippen molar-refractivity contribution in [1.82, 2.24) is 10.6 Å². The van der Waals surface area contributed by atoms with E-state index in [1.807, 2.05) is 0 Å². The molecule has 2 fully saturated rings. The normalized spacial score (nSPS) is 28.5. The first-order valence-corrected chi connectivity index (χ1v) is 8.24. The van der Waals surface area contributed by atoms with Crippen molar-refractivity contribution in [1.29, 1.82) is 0 Å². The molecule has 0 saturated heterocycles. The number of carbonyl (C=O) groups is 1. The van der Waals surface area contributed by atoms with Crippen molar-refractivity contribution >= 4 is 5.91 Å². The summed E-state index contributed by atoms with van der Waals surface area (Å²) in [5, 5.41) is 6.43. The third-order valence-electron chi connectivity index (χ3n) is 4.78. The minimum Gasteiger partial charge on any atom is -0.352 e. The van der Waals surface area contributed by atoms with E-state index in [0.29, 0.717) is 12.6 Å². The Hall–Kier alpha value is -0.570. The number of hydrogen-bond donors (Lipinski definition) is 2. The third kappa shape index (κ3) is 5.52. The first kappa shape index (κ1) is 14.8. The van der Waals surface area contributed by atoms with E-state index in [9.17, 15) is 4.79 Å². The summed E-state index contributed by atoms with van der Waals surface area (Å²) in [6, 6.07) is 0.452. The van der Waals surface area contributed by atoms with Crippen LogP contribution in [0.5, 0.6) is 0 Å². The second-order valence-electron chi connectivity index (χ2n) is 6.65. The smallest absolute Gasteiger partial charge is 0.234 e. The monoisotopic (exact) mass is 266 g/mol. The molecule has 0 heterocycles. The zero-order valence-electron chi connectivity index (χ0n) is 12.4. The summed E-state index contributed by atoms with van der Waals surface area (Å²) >= 11 is 0. The maximum atomic E-state index is 11.7. The summed E-state index contributed by atoms with van der Waals surface area (Å²) in [7, 11) is 0. The summed E-state index contributed by atoms with van der Waals surface area (Å²) in [6.07, 6.45) is 11.7. The fraction of sp³-hybridized carbons (Fsp3) is 0.938. The number of amides is 1. The molecular formula is C16H30N2O. The summed E-state index contributed by atoms with van der Waals surface area (Å²) < 4.78 is 0. The molecule has 19 heavy (non-hydrogen) atoms. The lowest BCUT2D eigenvalue weighted by molar-refractivity contribution is -0.120. The molecule has 0 aliphatic heterocycles. The first-order valence-electron chi connectivity index (χ1n) is 8.24. The van der Waals surface area contributed by atoms with Gasteiger partial charge in [-0.15, -0.1) is 0 Å². The molecule has 110 valence electrons. The van der Waals surface area contributed by atoms with Gasteiger partial charge < -0.3 is 10.6 Å². The lowest BCUT2D eigenvalue weighted by Gasteiger charge is -2.26. The molecule has 2 saturated carbocycles. The Balaban J connectivity index is 1.50. The molecule has 3 heteroatoms. The molecule has 3 nitrogen and oxygen atoms in total. The van der Waals surface area contributed by atoms with E-state index in [0.717, 1.165) is 18.4 Å². The van der Waals surface area contributed by atoms with Crippen molar-refractivity contribution in [2.45, 2.75) is 70.8 Å². The Labute approximate surface area is 117 Å². The fourth-order valence-electron chi connectivity index (χ4n) is 3.68. The molecule has 0 aromatic rings. The highest BCUT2D eigenvalue weighted by atomic mass is 16.1. The maximum absolute atomic E-state index is 11.7. The van der Waals surface area contributed by atoms with E-state index < -0.39 is 0 Å². The molecule has 2 unspecified atom stereocenters. The highest BCUT2D eigenvalue weighted by Gasteiger charge is 2.19. The lowest BCUT2D eigenvalue weighted by Crippen LogP contribution is -2.39. The van der Waals surface area contributed by atoms with Crippen LogP contribution in [0.15, 0.2) is 0 Å². The largest absolute Gasteiger partial charge is 0.352 e. The van der Waals surface area contributed by atoms with Gasteiger partial charge in [-0.25, -0.2) is 0 Å². The number of rotatable bonds is 6. The summed E-state index contributed by atoms with van der Waals surface area (Å²) in [5.41, 5.74) is 0. The summed E-state index contributed by atoms with van der Waals surface area (Å²) in [6.45, 7) is 3.86. The van der Waals surface area contributed by atoms with Crippen LogP contribution in [0.2, 0.25) is 0 Å². The molecule has 0 aromatic heterocycles. The van der Waals surface area contributed by atoms with Gasteiger partial charge in [-0.2, -0.15) is 0 Å². The van der Waals surface area contributed by atoms with Crippen LogP contribution in [0.25, 0.3) is 0 Å². The van der Waals surface area contributed by atoms with Gasteiger partial charge in [-0.05, 0) is 44.1 Å². The van der Waals surface area contributed by atoms with Crippen LogP contribution >= 0.6 is 0 Å². The van der Waals surface area contributed by atoms with Gasteiger partial charge in [0, 0.05) is 6.04 Å². The van der Waals surface area contributed by atoms with Crippen LogP contribution in [0.4, 0.5) is 0 Å². The molecular weight excluding hydrogens is 236 g/mol. The zero-order chi connectivity index (χ0) is 13.5. The van der Waals surface area contributed by atoms with Crippen LogP contribution in [0.3, 0.4) is 0 Å². The van der Waals surface area contributed by atoms with Crippen LogP contribution < -0.4 is 10.6 Å². The van der Waals surface area contributed by atoms with Crippen molar-refractivity contribution in [3.05, 3.63) is 0 Å². The molecule has 2 N–H and O–H groups in total. The lowest BCUT2D eigenvalue weighted by atomic mass is 9.81. The molecule has 2 aliphatic carbocycles. The average molecular weight is 266 g/mol. The van der Waals surface area contributed by atoms with Gasteiger partial charge in [-0.1, -0.05) is 39.0 Å². The Morgan fingerprint density at radius 2 is 1.89 bits per heavy atom. The zero-order valence-corrected chi connectivity index (χ0v) is 12.4. The standard InChI is InChI=1S/C16H30N2O/c1-13-5-4-6-14(11-13)9-10-17-12-16(19)18-15-7-2-3-8-15/h13-15,17H,2-12H2,1H3,(H,18,19). The SMILES string of the molecule is CC1CCCC(CCNCC(=O)NC2CCCC2)C1. The molecule has 1 amide bonds. The van der Waals surface area contributed by atoms with E-state index in [2.05, 4.69) is 17.6 Å². The van der Waals surface area contributed by atoms with Gasteiger partial charge in [-0.3, -0.25) is 4.79 Å². The quantitative estimate of drug-likeness (QED) is 0.726. The van der Waals surface area contributed by atoms with Crippen LogP contribution in [-0.2, 0) is 4.79 Å². The number of carbonyl (C=O) groups excluding carboxylic acids is 1. The van der Waals surface area contributed by atoms with Crippen molar-refractivity contribution in [3.8, 4) is 0 Å². The van der Waals surface area contributed by atoms with E-state index in [1.54, 1.807) is 0 Å². The van der Waals surface area contributed by atoms with Gasteiger partial charge >= 0.3 is 0 Å².